The van der Waals surface area contributed by atoms with Crippen molar-refractivity contribution >= 4 is 17.4 Å². The van der Waals surface area contributed by atoms with Gasteiger partial charge in [0.25, 0.3) is 0 Å². The molecule has 1 fully saturated rings. The maximum atomic E-state index is 12.5. The van der Waals surface area contributed by atoms with Crippen LogP contribution in [-0.2, 0) is 9.53 Å². The molecule has 0 aliphatic carbocycles. The number of pyridine rings is 1. The van der Waals surface area contributed by atoms with Crippen LogP contribution < -0.4 is 5.32 Å². The van der Waals surface area contributed by atoms with Crippen molar-refractivity contribution < 1.29 is 14.3 Å². The van der Waals surface area contributed by atoms with E-state index in [1.54, 1.807) is 6.20 Å². The number of hydrogen-bond donors (Lipinski definition) is 1. The third-order valence-electron chi connectivity index (χ3n) is 4.50. The van der Waals surface area contributed by atoms with Gasteiger partial charge in [0.1, 0.15) is 5.69 Å². The van der Waals surface area contributed by atoms with E-state index in [0.717, 1.165) is 24.2 Å². The normalized spacial score (nSPS) is 14.9. The summed E-state index contributed by atoms with van der Waals surface area (Å²) in [5.74, 6) is -0.437. The number of rotatable bonds is 6. The molecule has 0 saturated carbocycles. The number of hydrogen-bond acceptors (Lipinski definition) is 5. The molecule has 0 atom stereocenters. The molecule has 3 rings (SSSR count). The van der Waals surface area contributed by atoms with E-state index in [-0.39, 0.29) is 24.2 Å². The number of nitrogens with zero attached hydrogens (tertiary/aromatic N) is 2. The van der Waals surface area contributed by atoms with Crippen LogP contribution in [0.3, 0.4) is 0 Å². The molecular weight excluding hydrogens is 342 g/mol. The van der Waals surface area contributed by atoms with Crippen molar-refractivity contribution in [1.29, 1.82) is 0 Å². The monoisotopic (exact) mass is 367 g/mol. The summed E-state index contributed by atoms with van der Waals surface area (Å²) in [6.45, 7) is 6.66. The molecule has 1 saturated heterocycles. The van der Waals surface area contributed by atoms with Gasteiger partial charge in [-0.2, -0.15) is 0 Å². The molecule has 0 radical (unpaired) electrons. The van der Waals surface area contributed by atoms with Crippen LogP contribution in [0.2, 0.25) is 0 Å². The standard InChI is InChI=1S/C21H25N3O3/c1-15(2)21(26)20-18(23-19(25)14-24-8-10-27-11-9-24)12-17(13-22-20)16-6-4-3-5-7-16/h3-7,12-13,15H,8-11,14H2,1-2H3,(H,23,25). The Labute approximate surface area is 159 Å². The topological polar surface area (TPSA) is 71.5 Å². The molecule has 0 unspecified atom stereocenters. The van der Waals surface area contributed by atoms with E-state index in [2.05, 4.69) is 10.3 Å². The summed E-state index contributed by atoms with van der Waals surface area (Å²) in [6, 6.07) is 11.6. The summed E-state index contributed by atoms with van der Waals surface area (Å²) in [7, 11) is 0. The molecule has 27 heavy (non-hydrogen) atoms. The quantitative estimate of drug-likeness (QED) is 0.795. The fourth-order valence-electron chi connectivity index (χ4n) is 2.97. The van der Waals surface area contributed by atoms with Crippen LogP contribution in [-0.4, -0.2) is 54.4 Å². The fourth-order valence-corrected chi connectivity index (χ4v) is 2.97. The molecule has 1 aliphatic rings. The van der Waals surface area contributed by atoms with Crippen molar-refractivity contribution in [3.05, 3.63) is 48.3 Å². The van der Waals surface area contributed by atoms with Crippen LogP contribution in [0.25, 0.3) is 11.1 Å². The summed E-state index contributed by atoms with van der Waals surface area (Å²) < 4.78 is 5.31. The summed E-state index contributed by atoms with van der Waals surface area (Å²) in [6.07, 6.45) is 1.68. The van der Waals surface area contributed by atoms with E-state index < -0.39 is 0 Å². The summed E-state index contributed by atoms with van der Waals surface area (Å²) in [5, 5.41) is 2.90. The van der Waals surface area contributed by atoms with Crippen LogP contribution in [0.5, 0.6) is 0 Å². The van der Waals surface area contributed by atoms with Gasteiger partial charge in [0.2, 0.25) is 5.91 Å². The Kier molecular flexibility index (Phi) is 6.32. The minimum atomic E-state index is -0.199. The highest BCUT2D eigenvalue weighted by Crippen LogP contribution is 2.25. The van der Waals surface area contributed by atoms with Gasteiger partial charge in [-0.15, -0.1) is 0 Å². The predicted molar refractivity (Wildman–Crippen MR) is 105 cm³/mol. The Hall–Kier alpha value is -2.57. The number of ketones is 1. The Bertz CT molecular complexity index is 800. The number of benzene rings is 1. The molecule has 2 heterocycles. The molecular formula is C21H25N3O3. The first-order valence-corrected chi connectivity index (χ1v) is 9.24. The molecule has 1 N–H and O–H groups in total. The van der Waals surface area contributed by atoms with Crippen LogP contribution >= 0.6 is 0 Å². The van der Waals surface area contributed by atoms with E-state index >= 15 is 0 Å². The van der Waals surface area contributed by atoms with E-state index in [1.165, 1.54) is 0 Å². The van der Waals surface area contributed by atoms with Gasteiger partial charge in [-0.3, -0.25) is 19.5 Å². The van der Waals surface area contributed by atoms with Crippen LogP contribution in [0.4, 0.5) is 5.69 Å². The highest BCUT2D eigenvalue weighted by atomic mass is 16.5. The largest absolute Gasteiger partial charge is 0.379 e. The van der Waals surface area contributed by atoms with Crippen LogP contribution in [0.15, 0.2) is 42.6 Å². The number of amides is 1. The smallest absolute Gasteiger partial charge is 0.238 e. The molecule has 0 spiro atoms. The van der Waals surface area contributed by atoms with Gasteiger partial charge in [-0.1, -0.05) is 44.2 Å². The SMILES string of the molecule is CC(C)C(=O)c1ncc(-c2ccccc2)cc1NC(=O)CN1CCOCC1. The van der Waals surface area contributed by atoms with Crippen molar-refractivity contribution in [3.8, 4) is 11.1 Å². The second-order valence-corrected chi connectivity index (χ2v) is 6.94. The number of carbonyl (C=O) groups excluding carboxylic acids is 2. The number of carbonyl (C=O) groups is 2. The Morgan fingerprint density at radius 2 is 1.85 bits per heavy atom. The maximum Gasteiger partial charge on any atom is 0.238 e. The first-order valence-electron chi connectivity index (χ1n) is 9.24. The van der Waals surface area contributed by atoms with Crippen molar-refractivity contribution in [2.75, 3.05) is 38.2 Å². The Morgan fingerprint density at radius 1 is 1.15 bits per heavy atom. The Balaban J connectivity index is 1.85. The lowest BCUT2D eigenvalue weighted by Gasteiger charge is -2.26. The van der Waals surface area contributed by atoms with Gasteiger partial charge >= 0.3 is 0 Å². The Morgan fingerprint density at radius 3 is 2.52 bits per heavy atom. The minimum Gasteiger partial charge on any atom is -0.379 e. The first-order chi connectivity index (χ1) is 13.0. The van der Waals surface area contributed by atoms with Crippen molar-refractivity contribution in [2.24, 2.45) is 5.92 Å². The average Bonchev–Trinajstić information content (AvgIpc) is 2.68. The van der Waals surface area contributed by atoms with Crippen LogP contribution in [0.1, 0.15) is 24.3 Å². The van der Waals surface area contributed by atoms with E-state index in [0.29, 0.717) is 24.6 Å². The van der Waals surface area contributed by atoms with Gasteiger partial charge in [-0.05, 0) is 11.6 Å². The zero-order valence-corrected chi connectivity index (χ0v) is 15.8. The summed E-state index contributed by atoms with van der Waals surface area (Å²) in [4.78, 5) is 31.5. The lowest BCUT2D eigenvalue weighted by Crippen LogP contribution is -2.41. The molecule has 6 heteroatoms. The second kappa shape index (κ2) is 8.88. The molecule has 1 aliphatic heterocycles. The number of nitrogens with one attached hydrogen (secondary N) is 1. The molecule has 6 nitrogen and oxygen atoms in total. The molecule has 1 amide bonds. The third kappa shape index (κ3) is 4.99. The average molecular weight is 367 g/mol. The number of anilines is 1. The predicted octanol–water partition coefficient (Wildman–Crippen LogP) is 2.86. The molecule has 1 aromatic heterocycles. The van der Waals surface area contributed by atoms with Gasteiger partial charge in [0.15, 0.2) is 5.78 Å². The van der Waals surface area contributed by atoms with Crippen molar-refractivity contribution in [3.63, 3.8) is 0 Å². The molecule has 142 valence electrons. The summed E-state index contributed by atoms with van der Waals surface area (Å²) >= 11 is 0. The molecule has 2 aromatic rings. The van der Waals surface area contributed by atoms with Gasteiger partial charge < -0.3 is 10.1 Å². The number of ether oxygens (including phenoxy) is 1. The number of morpholine rings is 1. The lowest BCUT2D eigenvalue weighted by atomic mass is 10.0. The first kappa shape index (κ1) is 19.2. The zero-order chi connectivity index (χ0) is 19.2. The highest BCUT2D eigenvalue weighted by molar-refractivity contribution is 6.05. The lowest BCUT2D eigenvalue weighted by molar-refractivity contribution is -0.118. The number of aromatic nitrogens is 1. The third-order valence-corrected chi connectivity index (χ3v) is 4.50. The highest BCUT2D eigenvalue weighted by Gasteiger charge is 2.20. The van der Waals surface area contributed by atoms with E-state index in [9.17, 15) is 9.59 Å². The molecule has 0 bridgehead atoms. The van der Waals surface area contributed by atoms with Crippen molar-refractivity contribution in [2.45, 2.75) is 13.8 Å². The maximum absolute atomic E-state index is 12.5. The molecule has 1 aromatic carbocycles. The minimum absolute atomic E-state index is 0.0868. The van der Waals surface area contributed by atoms with Gasteiger partial charge in [0, 0.05) is 30.8 Å². The second-order valence-electron chi connectivity index (χ2n) is 6.94. The fraction of sp³-hybridized carbons (Fsp3) is 0.381. The van der Waals surface area contributed by atoms with Crippen molar-refractivity contribution in [1.82, 2.24) is 9.88 Å². The van der Waals surface area contributed by atoms with Gasteiger partial charge in [0.05, 0.1) is 25.4 Å². The van der Waals surface area contributed by atoms with Gasteiger partial charge in [-0.25, -0.2) is 0 Å². The summed E-state index contributed by atoms with van der Waals surface area (Å²) in [5.41, 5.74) is 2.61. The van der Waals surface area contributed by atoms with E-state index in [1.807, 2.05) is 55.1 Å². The number of Topliss-reactive ketones (excluding diaryl/α,β-unsaturated/α-hetero) is 1. The zero-order valence-electron chi connectivity index (χ0n) is 15.8. The van der Waals surface area contributed by atoms with Crippen LogP contribution in [0, 0.1) is 5.92 Å². The van der Waals surface area contributed by atoms with E-state index in [4.69, 9.17) is 4.74 Å².